The van der Waals surface area contributed by atoms with Gasteiger partial charge in [-0.05, 0) is 66.4 Å². The lowest BCUT2D eigenvalue weighted by Crippen LogP contribution is -1.99. The third-order valence-corrected chi connectivity index (χ3v) is 5.47. The Morgan fingerprint density at radius 2 is 1.76 bits per heavy atom. The topological polar surface area (TPSA) is 45.2 Å². The standard InChI is InChI=1S/C25H23FN2O/c1-15-12-17(8-10-19(15)20-6-4-5-7-23(20)27-3)25-16(2)22(14-29)21-13-18(26)9-11-24(21)28-25/h4-13,27,29H,14H2,1-3H3. The van der Waals surface area contributed by atoms with Gasteiger partial charge in [0.15, 0.2) is 0 Å². The van der Waals surface area contributed by atoms with E-state index in [1.54, 1.807) is 6.07 Å². The first kappa shape index (κ1) is 19.1. The van der Waals surface area contributed by atoms with Crippen LogP contribution in [0.4, 0.5) is 10.1 Å². The highest BCUT2D eigenvalue weighted by molar-refractivity contribution is 5.88. The van der Waals surface area contributed by atoms with Crippen LogP contribution in [0.5, 0.6) is 0 Å². The minimum Gasteiger partial charge on any atom is -0.392 e. The smallest absolute Gasteiger partial charge is 0.123 e. The molecule has 4 heteroatoms. The fourth-order valence-corrected chi connectivity index (χ4v) is 3.93. The minimum atomic E-state index is -0.329. The molecule has 3 nitrogen and oxygen atoms in total. The molecule has 4 rings (SSSR count). The Labute approximate surface area is 169 Å². The highest BCUT2D eigenvalue weighted by atomic mass is 19.1. The molecule has 1 aromatic heterocycles. The van der Waals surface area contributed by atoms with E-state index in [4.69, 9.17) is 4.98 Å². The zero-order chi connectivity index (χ0) is 20.5. The third kappa shape index (κ3) is 3.36. The van der Waals surface area contributed by atoms with Crippen molar-refractivity contribution >= 4 is 16.6 Å². The van der Waals surface area contributed by atoms with E-state index in [0.29, 0.717) is 16.5 Å². The summed E-state index contributed by atoms with van der Waals surface area (Å²) < 4.78 is 13.7. The molecule has 2 N–H and O–H groups in total. The Morgan fingerprint density at radius 3 is 2.48 bits per heavy atom. The molecule has 0 aliphatic heterocycles. The molecule has 0 bridgehead atoms. The zero-order valence-electron chi connectivity index (χ0n) is 16.8. The number of anilines is 1. The van der Waals surface area contributed by atoms with Crippen molar-refractivity contribution in [2.24, 2.45) is 0 Å². The van der Waals surface area contributed by atoms with Gasteiger partial charge in [-0.2, -0.15) is 0 Å². The summed E-state index contributed by atoms with van der Waals surface area (Å²) in [5.74, 6) is -0.329. The highest BCUT2D eigenvalue weighted by Gasteiger charge is 2.15. The van der Waals surface area contributed by atoms with Gasteiger partial charge in [-0.15, -0.1) is 0 Å². The number of aryl methyl sites for hydroxylation is 1. The van der Waals surface area contributed by atoms with Crippen LogP contribution in [0.3, 0.4) is 0 Å². The average molecular weight is 386 g/mol. The molecule has 0 saturated heterocycles. The van der Waals surface area contributed by atoms with Gasteiger partial charge in [0, 0.05) is 29.2 Å². The summed E-state index contributed by atoms with van der Waals surface area (Å²) in [6.07, 6.45) is 0. The number of halogens is 1. The van der Waals surface area contributed by atoms with Gasteiger partial charge in [-0.25, -0.2) is 9.37 Å². The Morgan fingerprint density at radius 1 is 0.966 bits per heavy atom. The lowest BCUT2D eigenvalue weighted by molar-refractivity contribution is 0.282. The van der Waals surface area contributed by atoms with E-state index in [2.05, 4.69) is 42.6 Å². The summed E-state index contributed by atoms with van der Waals surface area (Å²) in [7, 11) is 1.92. The monoisotopic (exact) mass is 386 g/mol. The molecule has 146 valence electrons. The predicted molar refractivity (Wildman–Crippen MR) is 118 cm³/mol. The molecule has 29 heavy (non-hydrogen) atoms. The molecule has 3 aromatic carbocycles. The van der Waals surface area contributed by atoms with Crippen LogP contribution in [0.25, 0.3) is 33.3 Å². The summed E-state index contributed by atoms with van der Waals surface area (Å²) >= 11 is 0. The van der Waals surface area contributed by atoms with Crippen LogP contribution in [0.2, 0.25) is 0 Å². The number of para-hydroxylation sites is 1. The van der Waals surface area contributed by atoms with Crippen molar-refractivity contribution in [3.63, 3.8) is 0 Å². The van der Waals surface area contributed by atoms with Gasteiger partial charge in [0.2, 0.25) is 0 Å². The second-order valence-electron chi connectivity index (χ2n) is 7.21. The van der Waals surface area contributed by atoms with Gasteiger partial charge in [-0.1, -0.05) is 30.3 Å². The van der Waals surface area contributed by atoms with Crippen molar-refractivity contribution in [1.29, 1.82) is 0 Å². The van der Waals surface area contributed by atoms with Crippen molar-refractivity contribution in [1.82, 2.24) is 4.98 Å². The lowest BCUT2D eigenvalue weighted by Gasteiger charge is -2.16. The maximum absolute atomic E-state index is 13.7. The van der Waals surface area contributed by atoms with E-state index in [1.807, 2.05) is 26.1 Å². The number of pyridine rings is 1. The van der Waals surface area contributed by atoms with E-state index in [-0.39, 0.29) is 12.4 Å². The average Bonchev–Trinajstić information content (AvgIpc) is 2.73. The van der Waals surface area contributed by atoms with Crippen molar-refractivity contribution in [2.75, 3.05) is 12.4 Å². The number of hydrogen-bond acceptors (Lipinski definition) is 3. The number of aliphatic hydroxyl groups excluding tert-OH is 1. The normalized spacial score (nSPS) is 11.1. The molecular formula is C25H23FN2O. The molecule has 0 amide bonds. The number of hydrogen-bond donors (Lipinski definition) is 2. The molecule has 0 aliphatic carbocycles. The van der Waals surface area contributed by atoms with Gasteiger partial charge in [0.25, 0.3) is 0 Å². The Bertz CT molecular complexity index is 1220. The number of benzene rings is 3. The number of nitrogens with zero attached hydrogens (tertiary/aromatic N) is 1. The SMILES string of the molecule is CNc1ccccc1-c1ccc(-c2nc3ccc(F)cc3c(CO)c2C)cc1C. The van der Waals surface area contributed by atoms with Crippen LogP contribution >= 0.6 is 0 Å². The molecule has 0 atom stereocenters. The molecule has 4 aromatic rings. The number of fused-ring (bicyclic) bond motifs is 1. The first-order chi connectivity index (χ1) is 14.0. The summed E-state index contributed by atoms with van der Waals surface area (Å²) in [6.45, 7) is 3.86. The molecule has 0 saturated carbocycles. The molecular weight excluding hydrogens is 363 g/mol. The number of rotatable bonds is 4. The fourth-order valence-electron chi connectivity index (χ4n) is 3.93. The number of aromatic nitrogens is 1. The predicted octanol–water partition coefficient (Wildman–Crippen LogP) is 5.86. The van der Waals surface area contributed by atoms with E-state index in [9.17, 15) is 9.50 Å². The van der Waals surface area contributed by atoms with Gasteiger partial charge in [-0.3, -0.25) is 0 Å². The van der Waals surface area contributed by atoms with Crippen molar-refractivity contribution in [3.8, 4) is 22.4 Å². The van der Waals surface area contributed by atoms with Crippen molar-refractivity contribution in [2.45, 2.75) is 20.5 Å². The Balaban J connectivity index is 1.88. The maximum atomic E-state index is 13.7. The Kier molecular flexibility index (Phi) is 5.03. The lowest BCUT2D eigenvalue weighted by atomic mass is 9.93. The van der Waals surface area contributed by atoms with E-state index in [0.717, 1.165) is 39.2 Å². The summed E-state index contributed by atoms with van der Waals surface area (Å²) in [5.41, 5.74) is 8.56. The van der Waals surface area contributed by atoms with E-state index >= 15 is 0 Å². The van der Waals surface area contributed by atoms with Crippen LogP contribution in [0.1, 0.15) is 16.7 Å². The second kappa shape index (κ2) is 7.64. The van der Waals surface area contributed by atoms with Crippen molar-refractivity contribution in [3.05, 3.63) is 83.2 Å². The van der Waals surface area contributed by atoms with Crippen molar-refractivity contribution < 1.29 is 9.50 Å². The second-order valence-corrected chi connectivity index (χ2v) is 7.21. The first-order valence-electron chi connectivity index (χ1n) is 9.61. The van der Waals surface area contributed by atoms with Crippen LogP contribution in [0.15, 0.2) is 60.7 Å². The van der Waals surface area contributed by atoms with Crippen LogP contribution in [-0.2, 0) is 6.61 Å². The first-order valence-corrected chi connectivity index (χ1v) is 9.61. The molecule has 0 unspecified atom stereocenters. The van der Waals surface area contributed by atoms with E-state index in [1.165, 1.54) is 12.1 Å². The number of nitrogens with one attached hydrogen (secondary N) is 1. The fraction of sp³-hybridized carbons (Fsp3) is 0.160. The zero-order valence-corrected chi connectivity index (χ0v) is 16.8. The van der Waals surface area contributed by atoms with Crippen LogP contribution in [0, 0.1) is 19.7 Å². The maximum Gasteiger partial charge on any atom is 0.123 e. The molecule has 0 fully saturated rings. The van der Waals surface area contributed by atoms with Gasteiger partial charge in [0.1, 0.15) is 5.82 Å². The Hall–Kier alpha value is -3.24. The molecule has 1 heterocycles. The summed E-state index contributed by atoms with van der Waals surface area (Å²) in [5, 5.41) is 13.8. The largest absolute Gasteiger partial charge is 0.392 e. The highest BCUT2D eigenvalue weighted by Crippen LogP contribution is 2.35. The number of aliphatic hydroxyl groups is 1. The van der Waals surface area contributed by atoms with Gasteiger partial charge in [0.05, 0.1) is 17.8 Å². The quantitative estimate of drug-likeness (QED) is 0.462. The molecule has 0 radical (unpaired) electrons. The third-order valence-electron chi connectivity index (χ3n) is 5.47. The van der Waals surface area contributed by atoms with Gasteiger partial charge >= 0.3 is 0 Å². The van der Waals surface area contributed by atoms with Gasteiger partial charge < -0.3 is 10.4 Å². The summed E-state index contributed by atoms with van der Waals surface area (Å²) in [6, 6.07) is 19.0. The summed E-state index contributed by atoms with van der Waals surface area (Å²) in [4.78, 5) is 4.78. The molecule has 0 aliphatic rings. The van der Waals surface area contributed by atoms with Crippen LogP contribution < -0.4 is 5.32 Å². The minimum absolute atomic E-state index is 0.159. The van der Waals surface area contributed by atoms with Crippen LogP contribution in [-0.4, -0.2) is 17.1 Å². The molecule has 0 spiro atoms. The van der Waals surface area contributed by atoms with E-state index < -0.39 is 0 Å².